The highest BCUT2D eigenvalue weighted by Gasteiger charge is 2.30. The summed E-state index contributed by atoms with van der Waals surface area (Å²) < 4.78 is 27.4. The Morgan fingerprint density at radius 1 is 1.27 bits per heavy atom. The number of aromatic nitrogens is 2. The molecule has 1 N–H and O–H groups in total. The highest BCUT2D eigenvalue weighted by atomic mass is 19.1. The molecule has 2 heterocycles. The molecule has 0 atom stereocenters. The van der Waals surface area contributed by atoms with Crippen molar-refractivity contribution in [2.75, 3.05) is 6.61 Å². The van der Waals surface area contributed by atoms with Gasteiger partial charge < -0.3 is 14.0 Å². The zero-order valence-corrected chi connectivity index (χ0v) is 19.3. The summed E-state index contributed by atoms with van der Waals surface area (Å²) >= 11 is 0. The number of hydrogen-bond donors (Lipinski definition) is 1. The average molecular weight is 458 g/mol. The quantitative estimate of drug-likeness (QED) is 0.665. The summed E-state index contributed by atoms with van der Waals surface area (Å²) in [6.07, 6.45) is 4.45. The van der Waals surface area contributed by atoms with Crippen molar-refractivity contribution in [3.8, 4) is 0 Å². The normalized spacial score (nSPS) is 16.3. The molecule has 0 aliphatic heterocycles. The van der Waals surface area contributed by atoms with Gasteiger partial charge in [-0.25, -0.2) is 19.0 Å². The van der Waals surface area contributed by atoms with Crippen molar-refractivity contribution in [3.63, 3.8) is 0 Å². The third-order valence-electron chi connectivity index (χ3n) is 5.55. The molecule has 1 fully saturated rings. The van der Waals surface area contributed by atoms with Crippen molar-refractivity contribution in [1.29, 1.82) is 0 Å². The van der Waals surface area contributed by atoms with Gasteiger partial charge in [0.25, 0.3) is 0 Å². The Balaban J connectivity index is 1.81. The van der Waals surface area contributed by atoms with Gasteiger partial charge in [-0.05, 0) is 65.9 Å². The number of allylic oxidation sites excluding steroid dienone is 2. The maximum atomic E-state index is 15.3. The highest BCUT2D eigenvalue weighted by Crippen LogP contribution is 2.38. The molecule has 0 spiro atoms. The number of nitrogens with zero attached hydrogens (tertiary/aromatic N) is 2. The van der Waals surface area contributed by atoms with Crippen LogP contribution in [0.3, 0.4) is 0 Å². The van der Waals surface area contributed by atoms with Crippen molar-refractivity contribution in [1.82, 2.24) is 14.9 Å². The molecule has 0 bridgehead atoms. The Kier molecular flexibility index (Phi) is 5.99. The number of carbonyl (C=O) groups is 2. The SMILES string of the molecule is CCOC(=O)c1cn(C2CC2)c2nc(C3=C(NC(=O)OC(C)(C)C)CCC3)c(F)cc2c1=O. The van der Waals surface area contributed by atoms with E-state index in [2.05, 4.69) is 10.3 Å². The van der Waals surface area contributed by atoms with Gasteiger partial charge in [-0.3, -0.25) is 10.1 Å². The van der Waals surface area contributed by atoms with E-state index in [0.717, 1.165) is 25.3 Å². The fourth-order valence-corrected chi connectivity index (χ4v) is 4.01. The van der Waals surface area contributed by atoms with Gasteiger partial charge in [0, 0.05) is 23.5 Å². The summed E-state index contributed by atoms with van der Waals surface area (Å²) in [4.78, 5) is 42.1. The number of amides is 1. The number of halogens is 1. The van der Waals surface area contributed by atoms with E-state index in [1.54, 1.807) is 32.3 Å². The van der Waals surface area contributed by atoms with Gasteiger partial charge in [0.15, 0.2) is 0 Å². The lowest BCUT2D eigenvalue weighted by molar-refractivity contribution is 0.0519. The topological polar surface area (TPSA) is 99.5 Å². The summed E-state index contributed by atoms with van der Waals surface area (Å²) in [7, 11) is 0. The molecular formula is C24H28FN3O5. The van der Waals surface area contributed by atoms with Gasteiger partial charge in [0.2, 0.25) is 5.43 Å². The fraction of sp³-hybridized carbons (Fsp3) is 0.500. The van der Waals surface area contributed by atoms with Crippen LogP contribution < -0.4 is 10.7 Å². The number of alkyl carbamates (subject to hydrolysis) is 1. The van der Waals surface area contributed by atoms with Crippen LogP contribution in [0.15, 0.2) is 22.8 Å². The molecule has 33 heavy (non-hydrogen) atoms. The second kappa shape index (κ2) is 8.61. The molecule has 2 aliphatic carbocycles. The molecule has 0 unspecified atom stereocenters. The zero-order chi connectivity index (χ0) is 23.9. The second-order valence-corrected chi connectivity index (χ2v) is 9.36. The van der Waals surface area contributed by atoms with Crippen molar-refractivity contribution >= 4 is 28.7 Å². The number of pyridine rings is 2. The zero-order valence-electron chi connectivity index (χ0n) is 19.3. The molecular weight excluding hydrogens is 429 g/mol. The molecule has 0 radical (unpaired) electrons. The van der Waals surface area contributed by atoms with Crippen LogP contribution >= 0.6 is 0 Å². The lowest BCUT2D eigenvalue weighted by Gasteiger charge is -2.20. The minimum Gasteiger partial charge on any atom is -0.462 e. The fourth-order valence-electron chi connectivity index (χ4n) is 4.01. The molecule has 0 aromatic carbocycles. The Morgan fingerprint density at radius 2 is 2.00 bits per heavy atom. The largest absolute Gasteiger partial charge is 0.462 e. The van der Waals surface area contributed by atoms with Gasteiger partial charge in [-0.15, -0.1) is 0 Å². The van der Waals surface area contributed by atoms with E-state index in [1.165, 1.54) is 6.20 Å². The second-order valence-electron chi connectivity index (χ2n) is 9.36. The minimum atomic E-state index is -0.731. The Labute approximate surface area is 190 Å². The Morgan fingerprint density at radius 3 is 2.64 bits per heavy atom. The van der Waals surface area contributed by atoms with Crippen molar-refractivity contribution in [2.24, 2.45) is 0 Å². The first-order valence-electron chi connectivity index (χ1n) is 11.2. The number of fused-ring (bicyclic) bond motifs is 1. The van der Waals surface area contributed by atoms with Gasteiger partial charge in [-0.1, -0.05) is 0 Å². The van der Waals surface area contributed by atoms with Crippen LogP contribution in [0.4, 0.5) is 9.18 Å². The van der Waals surface area contributed by atoms with Crippen molar-refractivity contribution in [2.45, 2.75) is 71.4 Å². The molecule has 176 valence electrons. The number of rotatable bonds is 5. The standard InChI is InChI=1S/C24H28FN3O5/c1-5-32-22(30)16-12-28(13-9-10-13)21-15(20(16)29)11-17(25)19(27-21)14-7-6-8-18(14)26-23(31)33-24(2,3)4/h11-13H,5-10H2,1-4H3,(H,26,31). The third kappa shape index (κ3) is 4.77. The van der Waals surface area contributed by atoms with Gasteiger partial charge in [0.05, 0.1) is 12.0 Å². The first-order valence-corrected chi connectivity index (χ1v) is 11.2. The minimum absolute atomic E-state index is 0.0361. The van der Waals surface area contributed by atoms with Gasteiger partial charge in [0.1, 0.15) is 28.3 Å². The van der Waals surface area contributed by atoms with E-state index in [4.69, 9.17) is 9.47 Å². The molecule has 2 aromatic rings. The van der Waals surface area contributed by atoms with Crippen LogP contribution in [-0.4, -0.2) is 33.8 Å². The summed E-state index contributed by atoms with van der Waals surface area (Å²) in [5.41, 5.74) is 0.186. The molecule has 9 heteroatoms. The van der Waals surface area contributed by atoms with Gasteiger partial charge in [-0.2, -0.15) is 0 Å². The summed E-state index contributed by atoms with van der Waals surface area (Å²) in [6.45, 7) is 7.09. The Bertz CT molecular complexity index is 1220. The number of carbonyl (C=O) groups excluding carboxylic acids is 2. The van der Waals surface area contributed by atoms with Gasteiger partial charge >= 0.3 is 12.1 Å². The first kappa shape index (κ1) is 22.9. The van der Waals surface area contributed by atoms with E-state index in [0.29, 0.717) is 29.8 Å². The van der Waals surface area contributed by atoms with Crippen LogP contribution in [0, 0.1) is 5.82 Å². The molecule has 2 aromatic heterocycles. The van der Waals surface area contributed by atoms with Crippen LogP contribution in [0.1, 0.15) is 81.9 Å². The predicted octanol–water partition coefficient (Wildman–Crippen LogP) is 4.47. The van der Waals surface area contributed by atoms with Crippen molar-refractivity contribution < 1.29 is 23.5 Å². The van der Waals surface area contributed by atoms with E-state index in [1.807, 2.05) is 0 Å². The highest BCUT2D eigenvalue weighted by molar-refractivity contribution is 5.93. The summed E-state index contributed by atoms with van der Waals surface area (Å²) in [6, 6.07) is 1.22. The predicted molar refractivity (Wildman–Crippen MR) is 120 cm³/mol. The molecule has 4 rings (SSSR count). The van der Waals surface area contributed by atoms with E-state index < -0.39 is 28.9 Å². The molecule has 1 amide bonds. The van der Waals surface area contributed by atoms with E-state index >= 15 is 4.39 Å². The summed E-state index contributed by atoms with van der Waals surface area (Å²) in [5.74, 6) is -1.41. The Hall–Kier alpha value is -3.23. The van der Waals surface area contributed by atoms with E-state index in [9.17, 15) is 14.4 Å². The molecule has 2 aliphatic rings. The maximum Gasteiger partial charge on any atom is 0.411 e. The third-order valence-corrected chi connectivity index (χ3v) is 5.55. The first-order chi connectivity index (χ1) is 15.6. The number of nitrogens with one attached hydrogen (secondary N) is 1. The smallest absolute Gasteiger partial charge is 0.411 e. The number of ether oxygens (including phenoxy) is 2. The average Bonchev–Trinajstić information content (AvgIpc) is 3.46. The molecule has 1 saturated carbocycles. The van der Waals surface area contributed by atoms with Crippen LogP contribution in [0.25, 0.3) is 16.6 Å². The summed E-state index contributed by atoms with van der Waals surface area (Å²) in [5, 5.41) is 2.78. The molecule has 0 saturated heterocycles. The van der Waals surface area contributed by atoms with Crippen molar-refractivity contribution in [3.05, 3.63) is 45.3 Å². The molecule has 8 nitrogen and oxygen atoms in total. The number of hydrogen-bond acceptors (Lipinski definition) is 6. The maximum absolute atomic E-state index is 15.3. The van der Waals surface area contributed by atoms with Crippen LogP contribution in [0.5, 0.6) is 0 Å². The van der Waals surface area contributed by atoms with Crippen LogP contribution in [-0.2, 0) is 9.47 Å². The number of esters is 1. The monoisotopic (exact) mass is 457 g/mol. The van der Waals surface area contributed by atoms with E-state index in [-0.39, 0.29) is 29.3 Å². The van der Waals surface area contributed by atoms with Crippen LogP contribution in [0.2, 0.25) is 0 Å². The lowest BCUT2D eigenvalue weighted by atomic mass is 10.1. The lowest BCUT2D eigenvalue weighted by Crippen LogP contribution is -2.32.